The predicted octanol–water partition coefficient (Wildman–Crippen LogP) is 5.45. The molecule has 0 amide bonds. The molecule has 2 atom stereocenters. The van der Waals surface area contributed by atoms with Gasteiger partial charge in [-0.15, -0.1) is 0 Å². The van der Waals surface area contributed by atoms with Crippen LogP contribution in [0.2, 0.25) is 0 Å². The highest BCUT2D eigenvalue weighted by molar-refractivity contribution is 6.04. The van der Waals surface area contributed by atoms with Crippen LogP contribution in [0.25, 0.3) is 0 Å². The van der Waals surface area contributed by atoms with E-state index in [0.29, 0.717) is 11.7 Å². The second-order valence-corrected chi connectivity index (χ2v) is 6.82. The number of Topliss-reactive ketones (excluding diaryl/α,β-unsaturated/α-hetero) is 1. The largest absolute Gasteiger partial charge is 0.294 e. The number of nitrogens with zero attached hydrogens (tertiary/aromatic N) is 1. The Morgan fingerprint density at radius 2 is 1.88 bits per heavy atom. The Morgan fingerprint density at radius 3 is 2.58 bits per heavy atom. The van der Waals surface area contributed by atoms with Crippen molar-refractivity contribution in [2.24, 2.45) is 10.9 Å². The third-order valence-corrected chi connectivity index (χ3v) is 5.32. The van der Waals surface area contributed by atoms with E-state index in [0.717, 1.165) is 36.1 Å². The van der Waals surface area contributed by atoms with E-state index in [4.69, 9.17) is 0 Å². The highest BCUT2D eigenvalue weighted by atomic mass is 16.1. The van der Waals surface area contributed by atoms with Crippen molar-refractivity contribution in [2.45, 2.75) is 39.0 Å². The van der Waals surface area contributed by atoms with E-state index >= 15 is 0 Å². The van der Waals surface area contributed by atoms with Crippen molar-refractivity contribution in [3.63, 3.8) is 0 Å². The third kappa shape index (κ3) is 3.33. The van der Waals surface area contributed by atoms with E-state index in [2.05, 4.69) is 36.2 Å². The van der Waals surface area contributed by atoms with Gasteiger partial charge in [-0.25, -0.2) is 0 Å². The summed E-state index contributed by atoms with van der Waals surface area (Å²) in [6.45, 7) is 4.07. The van der Waals surface area contributed by atoms with Gasteiger partial charge in [0, 0.05) is 25.7 Å². The summed E-state index contributed by atoms with van der Waals surface area (Å²) in [5.41, 5.74) is 5.43. The maximum absolute atomic E-state index is 13.0. The van der Waals surface area contributed by atoms with Gasteiger partial charge >= 0.3 is 0 Å². The lowest BCUT2D eigenvalue weighted by atomic mass is 9.91. The molecule has 1 unspecified atom stereocenters. The Kier molecular flexibility index (Phi) is 4.94. The standard InChI is InChI=1S/C22H25NO.H2/c1-15-9-10-20(14-21(15)16(2)23-3)22(24)19-12-11-18(13-19)17-7-5-4-6-8-17;/h4-10,14,18-19H,11-13H2,1-3H3;1H/t18-,19?;/m0./s1. The van der Waals surface area contributed by atoms with Gasteiger partial charge in [-0.2, -0.15) is 0 Å². The van der Waals surface area contributed by atoms with Crippen molar-refractivity contribution in [3.05, 3.63) is 70.8 Å². The van der Waals surface area contributed by atoms with Crippen LogP contribution in [0.3, 0.4) is 0 Å². The van der Waals surface area contributed by atoms with Gasteiger partial charge in [-0.05, 0) is 61.8 Å². The van der Waals surface area contributed by atoms with Crippen LogP contribution in [0.1, 0.15) is 60.6 Å². The van der Waals surface area contributed by atoms with Crippen molar-refractivity contribution in [3.8, 4) is 0 Å². The Morgan fingerprint density at radius 1 is 1.12 bits per heavy atom. The Bertz CT molecular complexity index is 767. The molecule has 2 aromatic rings. The van der Waals surface area contributed by atoms with Crippen LogP contribution in [0.5, 0.6) is 0 Å². The summed E-state index contributed by atoms with van der Waals surface area (Å²) in [7, 11) is 1.80. The number of carbonyl (C=O) groups excluding carboxylic acids is 1. The zero-order valence-corrected chi connectivity index (χ0v) is 14.8. The Hall–Kier alpha value is -2.22. The summed E-state index contributed by atoms with van der Waals surface area (Å²) in [5.74, 6) is 0.951. The number of ketones is 1. The second kappa shape index (κ2) is 7.12. The molecule has 0 N–H and O–H groups in total. The Balaban J connectivity index is 0.00000225. The molecule has 24 heavy (non-hydrogen) atoms. The fourth-order valence-corrected chi connectivity index (χ4v) is 3.77. The summed E-state index contributed by atoms with van der Waals surface area (Å²) in [6, 6.07) is 16.6. The second-order valence-electron chi connectivity index (χ2n) is 6.82. The van der Waals surface area contributed by atoms with E-state index in [1.807, 2.05) is 31.2 Å². The van der Waals surface area contributed by atoms with E-state index in [1.54, 1.807) is 7.05 Å². The van der Waals surface area contributed by atoms with E-state index in [1.165, 1.54) is 11.1 Å². The molecule has 0 bridgehead atoms. The molecule has 3 rings (SSSR count). The molecule has 2 heteroatoms. The molecule has 1 saturated carbocycles. The van der Waals surface area contributed by atoms with Crippen molar-refractivity contribution in [1.29, 1.82) is 0 Å². The first-order valence-electron chi connectivity index (χ1n) is 8.73. The van der Waals surface area contributed by atoms with Crippen molar-refractivity contribution in [1.82, 2.24) is 0 Å². The summed E-state index contributed by atoms with van der Waals surface area (Å²) in [5, 5.41) is 0. The minimum atomic E-state index is 0. The molecule has 1 fully saturated rings. The molecule has 0 radical (unpaired) electrons. The van der Waals surface area contributed by atoms with Gasteiger partial charge in [-0.3, -0.25) is 9.79 Å². The normalized spacial score (nSPS) is 21.0. The summed E-state index contributed by atoms with van der Waals surface area (Å²) >= 11 is 0. The van der Waals surface area contributed by atoms with Crippen LogP contribution in [-0.2, 0) is 0 Å². The van der Waals surface area contributed by atoms with Gasteiger partial charge in [-0.1, -0.05) is 42.5 Å². The molecule has 0 spiro atoms. The molecule has 0 aromatic heterocycles. The first-order valence-corrected chi connectivity index (χ1v) is 8.73. The molecule has 2 nitrogen and oxygen atoms in total. The van der Waals surface area contributed by atoms with Crippen molar-refractivity contribution >= 4 is 11.5 Å². The van der Waals surface area contributed by atoms with E-state index in [9.17, 15) is 4.79 Å². The smallest absolute Gasteiger partial charge is 0.165 e. The van der Waals surface area contributed by atoms with Crippen LogP contribution in [0.4, 0.5) is 0 Å². The fraction of sp³-hybridized carbons (Fsp3) is 0.364. The molecule has 0 saturated heterocycles. The zero-order valence-electron chi connectivity index (χ0n) is 14.8. The monoisotopic (exact) mass is 321 g/mol. The lowest BCUT2D eigenvalue weighted by Gasteiger charge is -2.13. The number of aryl methyl sites for hydroxylation is 1. The van der Waals surface area contributed by atoms with Crippen LogP contribution in [0, 0.1) is 12.8 Å². The number of rotatable bonds is 4. The number of hydrogen-bond donors (Lipinski definition) is 0. The van der Waals surface area contributed by atoms with Gasteiger partial charge < -0.3 is 0 Å². The third-order valence-electron chi connectivity index (χ3n) is 5.32. The molecule has 1 aliphatic rings. The maximum Gasteiger partial charge on any atom is 0.165 e. The van der Waals surface area contributed by atoms with Gasteiger partial charge in [0.25, 0.3) is 0 Å². The molecule has 1 aliphatic carbocycles. The molecule has 126 valence electrons. The van der Waals surface area contributed by atoms with Crippen molar-refractivity contribution in [2.75, 3.05) is 7.05 Å². The topological polar surface area (TPSA) is 29.4 Å². The quantitative estimate of drug-likeness (QED) is 0.544. The maximum atomic E-state index is 13.0. The van der Waals surface area contributed by atoms with E-state index < -0.39 is 0 Å². The summed E-state index contributed by atoms with van der Waals surface area (Å²) < 4.78 is 0. The van der Waals surface area contributed by atoms with Crippen molar-refractivity contribution < 1.29 is 6.22 Å². The number of benzene rings is 2. The molecule has 0 aliphatic heterocycles. The van der Waals surface area contributed by atoms with Gasteiger partial charge in [0.05, 0.1) is 0 Å². The minimum Gasteiger partial charge on any atom is -0.294 e. The molecule has 0 heterocycles. The molecule has 2 aromatic carbocycles. The zero-order chi connectivity index (χ0) is 17.1. The van der Waals surface area contributed by atoms with Gasteiger partial charge in [0.1, 0.15) is 0 Å². The van der Waals surface area contributed by atoms with Crippen LogP contribution >= 0.6 is 0 Å². The number of hydrogen-bond acceptors (Lipinski definition) is 2. The lowest BCUT2D eigenvalue weighted by molar-refractivity contribution is 0.0922. The Labute approximate surface area is 146 Å². The van der Waals surface area contributed by atoms with Gasteiger partial charge in [0.2, 0.25) is 0 Å². The average Bonchev–Trinajstić information content (AvgIpc) is 3.12. The van der Waals surface area contributed by atoms with Crippen LogP contribution < -0.4 is 0 Å². The minimum absolute atomic E-state index is 0. The van der Waals surface area contributed by atoms with E-state index in [-0.39, 0.29) is 7.34 Å². The first-order chi connectivity index (χ1) is 11.6. The average molecular weight is 321 g/mol. The number of carbonyl (C=O) groups is 1. The fourth-order valence-electron chi connectivity index (χ4n) is 3.77. The first kappa shape index (κ1) is 16.6. The summed E-state index contributed by atoms with van der Waals surface area (Å²) in [4.78, 5) is 17.2. The predicted molar refractivity (Wildman–Crippen MR) is 102 cm³/mol. The SMILES string of the molecule is CN=C(C)c1cc(C(=O)C2CC[C@H](c3ccccc3)C2)ccc1C.[HH]. The van der Waals surface area contributed by atoms with Crippen LogP contribution in [-0.4, -0.2) is 18.5 Å². The molecular weight excluding hydrogens is 294 g/mol. The summed E-state index contributed by atoms with van der Waals surface area (Å²) in [6.07, 6.45) is 3.06. The number of aliphatic imine (C=N–C) groups is 1. The highest BCUT2D eigenvalue weighted by Crippen LogP contribution is 2.39. The lowest BCUT2D eigenvalue weighted by Crippen LogP contribution is -2.13. The van der Waals surface area contributed by atoms with Crippen LogP contribution in [0.15, 0.2) is 53.5 Å². The highest BCUT2D eigenvalue weighted by Gasteiger charge is 2.31. The van der Waals surface area contributed by atoms with Gasteiger partial charge in [0.15, 0.2) is 5.78 Å². The molecular formula is C22H27NO.